The van der Waals surface area contributed by atoms with Crippen molar-refractivity contribution in [2.75, 3.05) is 13.6 Å². The Labute approximate surface area is 129 Å². The summed E-state index contributed by atoms with van der Waals surface area (Å²) in [5.74, 6) is -1.21. The van der Waals surface area contributed by atoms with Crippen LogP contribution in [0.15, 0.2) is 24.3 Å². The standard InChI is InChI=1S/C16H20N2O4/c1-11(16(21)22)17(2)15(20)13-7-5-12(6-8-13)10-18-9-3-4-14(18)19/h5-8,11H,3-4,9-10H2,1-2H3,(H,21,22)/t11-/m1/s1. The average molecular weight is 304 g/mol. The van der Waals surface area contributed by atoms with E-state index in [9.17, 15) is 14.4 Å². The molecule has 118 valence electrons. The van der Waals surface area contributed by atoms with Crippen LogP contribution in [0.5, 0.6) is 0 Å². The predicted molar refractivity (Wildman–Crippen MR) is 80.3 cm³/mol. The maximum Gasteiger partial charge on any atom is 0.326 e. The molecule has 0 aromatic heterocycles. The van der Waals surface area contributed by atoms with Crippen molar-refractivity contribution in [3.63, 3.8) is 0 Å². The second-order valence-corrected chi connectivity index (χ2v) is 5.55. The van der Waals surface area contributed by atoms with E-state index in [0.717, 1.165) is 18.5 Å². The number of likely N-dealkylation sites (tertiary alicyclic amines) is 1. The second-order valence-electron chi connectivity index (χ2n) is 5.55. The van der Waals surface area contributed by atoms with Gasteiger partial charge >= 0.3 is 5.97 Å². The molecule has 0 bridgehead atoms. The van der Waals surface area contributed by atoms with Gasteiger partial charge in [0.2, 0.25) is 5.91 Å². The molecule has 22 heavy (non-hydrogen) atoms. The quantitative estimate of drug-likeness (QED) is 0.891. The summed E-state index contributed by atoms with van der Waals surface area (Å²) in [6, 6.07) is 6.07. The van der Waals surface area contributed by atoms with E-state index in [4.69, 9.17) is 5.11 Å². The van der Waals surface area contributed by atoms with Gasteiger partial charge in [0.15, 0.2) is 0 Å². The number of amides is 2. The third kappa shape index (κ3) is 3.44. The highest BCUT2D eigenvalue weighted by Crippen LogP contribution is 2.15. The highest BCUT2D eigenvalue weighted by atomic mass is 16.4. The summed E-state index contributed by atoms with van der Waals surface area (Å²) in [7, 11) is 1.47. The molecule has 1 N–H and O–H groups in total. The molecule has 0 aliphatic carbocycles. The Balaban J connectivity index is 2.03. The van der Waals surface area contributed by atoms with Gasteiger partial charge in [-0.15, -0.1) is 0 Å². The first kappa shape index (κ1) is 16.0. The van der Waals surface area contributed by atoms with Crippen LogP contribution in [0.4, 0.5) is 0 Å². The maximum absolute atomic E-state index is 12.2. The maximum atomic E-state index is 12.2. The van der Waals surface area contributed by atoms with Crippen LogP contribution in [-0.2, 0) is 16.1 Å². The smallest absolute Gasteiger partial charge is 0.326 e. The van der Waals surface area contributed by atoms with Crippen molar-refractivity contribution < 1.29 is 19.5 Å². The SMILES string of the molecule is C[C@H](C(=O)O)N(C)C(=O)c1ccc(CN2CCCC2=O)cc1. The number of nitrogens with zero attached hydrogens (tertiary/aromatic N) is 2. The van der Waals surface area contributed by atoms with Crippen molar-refractivity contribution >= 4 is 17.8 Å². The van der Waals surface area contributed by atoms with E-state index in [-0.39, 0.29) is 11.8 Å². The van der Waals surface area contributed by atoms with Crippen LogP contribution in [-0.4, -0.2) is 52.3 Å². The van der Waals surface area contributed by atoms with E-state index in [2.05, 4.69) is 0 Å². The highest BCUT2D eigenvalue weighted by Gasteiger charge is 2.23. The molecule has 6 nitrogen and oxygen atoms in total. The van der Waals surface area contributed by atoms with Crippen LogP contribution in [0.1, 0.15) is 35.7 Å². The molecule has 1 saturated heterocycles. The lowest BCUT2D eigenvalue weighted by Gasteiger charge is -2.21. The van der Waals surface area contributed by atoms with Crippen LogP contribution in [0, 0.1) is 0 Å². The van der Waals surface area contributed by atoms with Gasteiger partial charge in [-0.3, -0.25) is 9.59 Å². The molecule has 0 saturated carbocycles. The van der Waals surface area contributed by atoms with Gasteiger partial charge in [-0.05, 0) is 31.0 Å². The van der Waals surface area contributed by atoms with E-state index in [1.54, 1.807) is 29.2 Å². The van der Waals surface area contributed by atoms with E-state index < -0.39 is 12.0 Å². The number of hydrogen-bond acceptors (Lipinski definition) is 3. The minimum atomic E-state index is -1.04. The lowest BCUT2D eigenvalue weighted by Crippen LogP contribution is -2.40. The molecule has 1 fully saturated rings. The summed E-state index contributed by atoms with van der Waals surface area (Å²) in [4.78, 5) is 37.7. The van der Waals surface area contributed by atoms with Gasteiger partial charge in [-0.1, -0.05) is 12.1 Å². The minimum Gasteiger partial charge on any atom is -0.480 e. The summed E-state index contributed by atoms with van der Waals surface area (Å²) in [6.07, 6.45) is 1.50. The zero-order chi connectivity index (χ0) is 16.3. The van der Waals surface area contributed by atoms with Gasteiger partial charge in [0.25, 0.3) is 5.91 Å². The van der Waals surface area contributed by atoms with Crippen LogP contribution in [0.3, 0.4) is 0 Å². The molecule has 1 heterocycles. The molecule has 1 atom stereocenters. The lowest BCUT2D eigenvalue weighted by atomic mass is 10.1. The number of aliphatic carboxylic acids is 1. The fourth-order valence-electron chi connectivity index (χ4n) is 2.39. The fraction of sp³-hybridized carbons (Fsp3) is 0.438. The van der Waals surface area contributed by atoms with Gasteiger partial charge in [0.05, 0.1) is 0 Å². The zero-order valence-electron chi connectivity index (χ0n) is 12.8. The zero-order valence-corrected chi connectivity index (χ0v) is 12.8. The van der Waals surface area contributed by atoms with Crippen LogP contribution < -0.4 is 0 Å². The normalized spacial score (nSPS) is 15.7. The molecule has 0 radical (unpaired) electrons. The van der Waals surface area contributed by atoms with Gasteiger partial charge in [0.1, 0.15) is 6.04 Å². The summed E-state index contributed by atoms with van der Waals surface area (Å²) < 4.78 is 0. The molecule has 1 aliphatic rings. The molecule has 2 rings (SSSR count). The Kier molecular flexibility index (Phi) is 4.80. The van der Waals surface area contributed by atoms with Crippen molar-refractivity contribution in [1.29, 1.82) is 0 Å². The first-order valence-electron chi connectivity index (χ1n) is 7.27. The molecule has 1 aliphatic heterocycles. The number of carbonyl (C=O) groups is 3. The van der Waals surface area contributed by atoms with Crippen molar-refractivity contribution in [3.8, 4) is 0 Å². The summed E-state index contributed by atoms with van der Waals surface area (Å²) in [5, 5.41) is 8.95. The van der Waals surface area contributed by atoms with Gasteiger partial charge in [0, 0.05) is 32.1 Å². The Morgan fingerprint density at radius 2 is 1.95 bits per heavy atom. The third-order valence-corrected chi connectivity index (χ3v) is 4.00. The second kappa shape index (κ2) is 6.60. The van der Waals surface area contributed by atoms with Crippen molar-refractivity contribution in [2.45, 2.75) is 32.4 Å². The average Bonchev–Trinajstić information content (AvgIpc) is 2.91. The highest BCUT2D eigenvalue weighted by molar-refractivity contribution is 5.96. The van der Waals surface area contributed by atoms with E-state index in [1.165, 1.54) is 18.9 Å². The predicted octanol–water partition coefficient (Wildman–Crippen LogP) is 1.35. The summed E-state index contributed by atoms with van der Waals surface area (Å²) in [6.45, 7) is 2.79. The van der Waals surface area contributed by atoms with Crippen LogP contribution >= 0.6 is 0 Å². The first-order valence-corrected chi connectivity index (χ1v) is 7.27. The number of hydrogen-bond donors (Lipinski definition) is 1. The largest absolute Gasteiger partial charge is 0.480 e. The molecule has 1 aromatic carbocycles. The van der Waals surface area contributed by atoms with Crippen molar-refractivity contribution in [1.82, 2.24) is 9.80 Å². The number of carboxylic acids is 1. The van der Waals surface area contributed by atoms with Gasteiger partial charge < -0.3 is 14.9 Å². The molecule has 0 unspecified atom stereocenters. The first-order chi connectivity index (χ1) is 10.4. The third-order valence-electron chi connectivity index (χ3n) is 4.00. The van der Waals surface area contributed by atoms with E-state index in [1.807, 2.05) is 0 Å². The number of rotatable bonds is 5. The number of benzene rings is 1. The molecule has 6 heteroatoms. The van der Waals surface area contributed by atoms with Crippen molar-refractivity contribution in [3.05, 3.63) is 35.4 Å². The monoisotopic (exact) mass is 304 g/mol. The Bertz CT molecular complexity index is 582. The van der Waals surface area contributed by atoms with E-state index >= 15 is 0 Å². The summed E-state index contributed by atoms with van der Waals surface area (Å²) >= 11 is 0. The minimum absolute atomic E-state index is 0.162. The molecular formula is C16H20N2O4. The van der Waals surface area contributed by atoms with Gasteiger partial charge in [-0.2, -0.15) is 0 Å². The number of carbonyl (C=O) groups excluding carboxylic acids is 2. The van der Waals surface area contributed by atoms with E-state index in [0.29, 0.717) is 18.5 Å². The molecule has 1 aromatic rings. The molecular weight excluding hydrogens is 284 g/mol. The van der Waals surface area contributed by atoms with Crippen LogP contribution in [0.2, 0.25) is 0 Å². The number of likely N-dealkylation sites (N-methyl/N-ethyl adjacent to an activating group) is 1. The molecule has 2 amide bonds. The topological polar surface area (TPSA) is 77.9 Å². The van der Waals surface area contributed by atoms with Gasteiger partial charge in [-0.25, -0.2) is 4.79 Å². The van der Waals surface area contributed by atoms with Crippen molar-refractivity contribution in [2.24, 2.45) is 0 Å². The lowest BCUT2D eigenvalue weighted by molar-refractivity contribution is -0.141. The Morgan fingerprint density at radius 1 is 1.32 bits per heavy atom. The molecule has 0 spiro atoms. The Morgan fingerprint density at radius 3 is 2.45 bits per heavy atom. The summed E-state index contributed by atoms with van der Waals surface area (Å²) in [5.41, 5.74) is 1.40. The Hall–Kier alpha value is -2.37. The van der Waals surface area contributed by atoms with Crippen LogP contribution in [0.25, 0.3) is 0 Å². The number of carboxylic acid groups (broad SMARTS) is 1. The fourth-order valence-corrected chi connectivity index (χ4v) is 2.39.